The van der Waals surface area contributed by atoms with Crippen molar-refractivity contribution in [3.63, 3.8) is 0 Å². The average molecular weight is 595 g/mol. The quantitative estimate of drug-likeness (QED) is 0.199. The van der Waals surface area contributed by atoms with E-state index in [1.165, 1.54) is 43.2 Å². The van der Waals surface area contributed by atoms with Crippen molar-refractivity contribution in [3.8, 4) is 51.4 Å². The summed E-state index contributed by atoms with van der Waals surface area (Å²) in [5.41, 5.74) is 7.85. The SMILES string of the molecule is CC12CC3(c4ccc(-c5cccc6c(C#N)c(-c7nc(-c8ccccc8)nc(-c8ccccc8)n7)ccc56)cc4)C[C@H]1CC[C@H]2C3. The molecular formula is C42H34N4. The van der Waals surface area contributed by atoms with E-state index in [2.05, 4.69) is 55.5 Å². The van der Waals surface area contributed by atoms with Gasteiger partial charge in [-0.05, 0) is 82.9 Å². The molecule has 2 unspecified atom stereocenters. The lowest BCUT2D eigenvalue weighted by Crippen LogP contribution is -2.26. The Labute approximate surface area is 269 Å². The molecule has 0 amide bonds. The van der Waals surface area contributed by atoms with Gasteiger partial charge in [0.2, 0.25) is 0 Å². The third kappa shape index (κ3) is 4.08. The molecule has 5 aromatic carbocycles. The molecule has 0 saturated heterocycles. The molecule has 4 heteroatoms. The van der Waals surface area contributed by atoms with Gasteiger partial charge in [-0.2, -0.15) is 5.26 Å². The Bertz CT molecular complexity index is 2090. The van der Waals surface area contributed by atoms with Gasteiger partial charge < -0.3 is 0 Å². The highest BCUT2D eigenvalue weighted by atomic mass is 15.0. The summed E-state index contributed by atoms with van der Waals surface area (Å²) in [4.78, 5) is 14.6. The van der Waals surface area contributed by atoms with Crippen LogP contribution in [-0.4, -0.2) is 15.0 Å². The Morgan fingerprint density at radius 2 is 1.20 bits per heavy atom. The number of hydrogen-bond donors (Lipinski definition) is 0. The van der Waals surface area contributed by atoms with Crippen LogP contribution in [-0.2, 0) is 5.41 Å². The molecule has 1 aromatic heterocycles. The second-order valence-electron chi connectivity index (χ2n) is 14.0. The maximum absolute atomic E-state index is 10.6. The van der Waals surface area contributed by atoms with Gasteiger partial charge in [-0.15, -0.1) is 0 Å². The summed E-state index contributed by atoms with van der Waals surface area (Å²) in [5.74, 6) is 3.47. The summed E-state index contributed by atoms with van der Waals surface area (Å²) in [6.45, 7) is 2.57. The minimum absolute atomic E-state index is 0.364. The maximum atomic E-state index is 10.6. The molecular weight excluding hydrogens is 560 g/mol. The van der Waals surface area contributed by atoms with E-state index in [0.717, 1.165) is 39.3 Å². The lowest BCUT2D eigenvalue weighted by Gasteiger charge is -2.33. The normalized spacial score (nSPS) is 24.3. The number of nitrogens with zero attached hydrogens (tertiary/aromatic N) is 4. The van der Waals surface area contributed by atoms with E-state index >= 15 is 0 Å². The van der Waals surface area contributed by atoms with Crippen LogP contribution in [0.1, 0.15) is 50.2 Å². The van der Waals surface area contributed by atoms with Gasteiger partial charge >= 0.3 is 0 Å². The highest BCUT2D eigenvalue weighted by Crippen LogP contribution is 2.72. The highest BCUT2D eigenvalue weighted by Gasteiger charge is 2.65. The van der Waals surface area contributed by atoms with Crippen molar-refractivity contribution in [1.29, 1.82) is 5.26 Å². The molecule has 3 aliphatic carbocycles. The zero-order chi connectivity index (χ0) is 30.9. The van der Waals surface area contributed by atoms with Crippen molar-refractivity contribution in [2.75, 3.05) is 0 Å². The topological polar surface area (TPSA) is 62.5 Å². The number of benzene rings is 5. The Kier molecular flexibility index (Phi) is 6.02. The van der Waals surface area contributed by atoms with Crippen molar-refractivity contribution in [1.82, 2.24) is 15.0 Å². The number of nitriles is 1. The first-order valence-corrected chi connectivity index (χ1v) is 16.5. The van der Waals surface area contributed by atoms with Crippen LogP contribution in [0.3, 0.4) is 0 Å². The fourth-order valence-corrected chi connectivity index (χ4v) is 9.44. The second-order valence-corrected chi connectivity index (χ2v) is 14.0. The van der Waals surface area contributed by atoms with E-state index in [9.17, 15) is 5.26 Å². The molecule has 0 spiro atoms. The fourth-order valence-electron chi connectivity index (χ4n) is 9.44. The molecule has 3 aliphatic rings. The maximum Gasteiger partial charge on any atom is 0.165 e. The van der Waals surface area contributed by atoms with E-state index in [-0.39, 0.29) is 0 Å². The van der Waals surface area contributed by atoms with Crippen LogP contribution in [0.25, 0.3) is 56.1 Å². The van der Waals surface area contributed by atoms with E-state index in [1.807, 2.05) is 72.8 Å². The van der Waals surface area contributed by atoms with Crippen molar-refractivity contribution in [3.05, 3.63) is 126 Å². The lowest BCUT2D eigenvalue weighted by atomic mass is 9.72. The summed E-state index contributed by atoms with van der Waals surface area (Å²) >= 11 is 0. The molecule has 222 valence electrons. The number of hydrogen-bond acceptors (Lipinski definition) is 4. The lowest BCUT2D eigenvalue weighted by molar-refractivity contribution is 0.195. The number of fused-ring (bicyclic) bond motifs is 2. The van der Waals surface area contributed by atoms with Gasteiger partial charge in [0.25, 0.3) is 0 Å². The van der Waals surface area contributed by atoms with Gasteiger partial charge in [0.1, 0.15) is 6.07 Å². The molecule has 4 nitrogen and oxygen atoms in total. The fraction of sp³-hybridized carbons (Fsp3) is 0.238. The molecule has 4 atom stereocenters. The van der Waals surface area contributed by atoms with Gasteiger partial charge in [-0.1, -0.05) is 116 Å². The van der Waals surface area contributed by atoms with Crippen LogP contribution in [0.4, 0.5) is 0 Å². The standard InChI is InChI=1S/C42H34N4/c1-41-26-42(23-31(41)19-20-32(41)24-42)30-17-15-27(16-18-30)33-13-8-14-34-35(33)21-22-36(37(34)25-43)40-45-38(28-9-4-2-5-10-28)44-39(46-40)29-11-6-3-7-12-29/h2-18,21-22,31-32H,19-20,23-24,26H2,1H3/t31-,32+,41?,42?. The Balaban J connectivity index is 1.13. The first-order valence-electron chi connectivity index (χ1n) is 16.5. The van der Waals surface area contributed by atoms with Gasteiger partial charge in [-0.25, -0.2) is 15.0 Å². The van der Waals surface area contributed by atoms with Crippen LogP contribution in [0.2, 0.25) is 0 Å². The Morgan fingerprint density at radius 3 is 1.78 bits per heavy atom. The summed E-state index contributed by atoms with van der Waals surface area (Å²) in [6, 6.07) is 42.2. The van der Waals surface area contributed by atoms with Gasteiger partial charge in [-0.3, -0.25) is 0 Å². The summed E-state index contributed by atoms with van der Waals surface area (Å²) in [7, 11) is 0. The van der Waals surface area contributed by atoms with Crippen LogP contribution in [0.15, 0.2) is 115 Å². The molecule has 0 radical (unpaired) electrons. The predicted octanol–water partition coefficient (Wildman–Crippen LogP) is 10.0. The molecule has 1 heterocycles. The smallest absolute Gasteiger partial charge is 0.165 e. The van der Waals surface area contributed by atoms with Crippen LogP contribution >= 0.6 is 0 Å². The molecule has 0 N–H and O–H groups in total. The third-order valence-electron chi connectivity index (χ3n) is 11.6. The van der Waals surface area contributed by atoms with Crippen molar-refractivity contribution in [2.24, 2.45) is 17.3 Å². The first kappa shape index (κ1) is 27.2. The highest BCUT2D eigenvalue weighted by molar-refractivity contribution is 6.02. The molecule has 3 saturated carbocycles. The molecule has 0 aliphatic heterocycles. The average Bonchev–Trinajstić information content (AvgIpc) is 3.62. The molecule has 9 rings (SSSR count). The van der Waals surface area contributed by atoms with E-state index in [4.69, 9.17) is 15.0 Å². The Morgan fingerprint density at radius 1 is 0.587 bits per heavy atom. The summed E-state index contributed by atoms with van der Waals surface area (Å²) in [6.07, 6.45) is 6.91. The predicted molar refractivity (Wildman–Crippen MR) is 184 cm³/mol. The first-order chi connectivity index (χ1) is 22.5. The van der Waals surface area contributed by atoms with Crippen molar-refractivity contribution >= 4 is 10.8 Å². The largest absolute Gasteiger partial charge is 0.208 e. The van der Waals surface area contributed by atoms with E-state index in [1.54, 1.807) is 0 Å². The zero-order valence-electron chi connectivity index (χ0n) is 25.9. The molecule has 46 heavy (non-hydrogen) atoms. The second kappa shape index (κ2) is 10.2. The summed E-state index contributed by atoms with van der Waals surface area (Å²) < 4.78 is 0. The summed E-state index contributed by atoms with van der Waals surface area (Å²) in [5, 5.41) is 12.5. The van der Waals surface area contributed by atoms with Crippen LogP contribution in [0.5, 0.6) is 0 Å². The monoisotopic (exact) mass is 594 g/mol. The number of aromatic nitrogens is 3. The van der Waals surface area contributed by atoms with Crippen molar-refractivity contribution in [2.45, 2.75) is 44.4 Å². The van der Waals surface area contributed by atoms with Crippen LogP contribution in [0, 0.1) is 28.6 Å². The minimum atomic E-state index is 0.364. The van der Waals surface area contributed by atoms with E-state index in [0.29, 0.717) is 39.4 Å². The van der Waals surface area contributed by atoms with E-state index < -0.39 is 0 Å². The Hall–Kier alpha value is -5.14. The van der Waals surface area contributed by atoms with Crippen molar-refractivity contribution < 1.29 is 0 Å². The number of rotatable bonds is 5. The minimum Gasteiger partial charge on any atom is -0.208 e. The molecule has 2 bridgehead atoms. The third-order valence-corrected chi connectivity index (χ3v) is 11.6. The van der Waals surface area contributed by atoms with Crippen LogP contribution < -0.4 is 0 Å². The van der Waals surface area contributed by atoms with Gasteiger partial charge in [0.15, 0.2) is 17.5 Å². The zero-order valence-corrected chi connectivity index (χ0v) is 25.9. The van der Waals surface area contributed by atoms with Gasteiger partial charge in [0.05, 0.1) is 5.56 Å². The molecule has 3 fully saturated rings. The molecule has 6 aromatic rings. The van der Waals surface area contributed by atoms with Gasteiger partial charge in [0, 0.05) is 22.1 Å².